The van der Waals surface area contributed by atoms with Gasteiger partial charge in [-0.2, -0.15) is 9.49 Å². The summed E-state index contributed by atoms with van der Waals surface area (Å²) in [6, 6.07) is 17.7. The smallest absolute Gasteiger partial charge is 0.274 e. The number of halogens is 2. The third-order valence-electron chi connectivity index (χ3n) is 6.13. The van der Waals surface area contributed by atoms with E-state index < -0.39 is 5.95 Å². The zero-order valence-corrected chi connectivity index (χ0v) is 19.3. The summed E-state index contributed by atoms with van der Waals surface area (Å²) in [7, 11) is 0. The number of benzene rings is 2. The maximum absolute atomic E-state index is 15.2. The van der Waals surface area contributed by atoms with Crippen molar-refractivity contribution in [3.05, 3.63) is 87.6 Å². The van der Waals surface area contributed by atoms with Crippen LogP contribution in [0.15, 0.2) is 65.5 Å². The Kier molecular flexibility index (Phi) is 6.56. The van der Waals surface area contributed by atoms with Crippen LogP contribution < -0.4 is 10.9 Å². The normalized spacial score (nSPS) is 14.4. The van der Waals surface area contributed by atoms with Crippen LogP contribution in [0.3, 0.4) is 0 Å². The molecule has 34 heavy (non-hydrogen) atoms. The number of hydrogen-bond donors (Lipinski definition) is 1. The number of ether oxygens (including phenoxy) is 1. The van der Waals surface area contributed by atoms with E-state index in [0.29, 0.717) is 33.2 Å². The van der Waals surface area contributed by atoms with Crippen LogP contribution in [0.1, 0.15) is 18.4 Å². The fourth-order valence-corrected chi connectivity index (χ4v) is 4.34. The standard InChI is InChI=1S/C26H24ClFN4O2/c27-19-7-5-18(6-8-19)16-32-26(33)21-4-2-1-3-20(21)24(31-32)22-9-10-23(30-25(22)28)29-15-17-11-13-34-14-12-17/h1-10,17H,11-16H2,(H,29,30). The summed E-state index contributed by atoms with van der Waals surface area (Å²) in [6.45, 7) is 2.49. The van der Waals surface area contributed by atoms with Crippen molar-refractivity contribution in [1.29, 1.82) is 0 Å². The van der Waals surface area contributed by atoms with E-state index >= 15 is 4.39 Å². The molecule has 3 heterocycles. The summed E-state index contributed by atoms with van der Waals surface area (Å²) in [5.74, 6) is 0.332. The quantitative estimate of drug-likeness (QED) is 0.389. The zero-order valence-electron chi connectivity index (χ0n) is 18.5. The van der Waals surface area contributed by atoms with Gasteiger partial charge in [0.2, 0.25) is 5.95 Å². The third kappa shape index (κ3) is 4.81. The molecule has 0 atom stereocenters. The van der Waals surface area contributed by atoms with Gasteiger partial charge in [-0.3, -0.25) is 4.79 Å². The molecule has 1 N–H and O–H groups in total. The van der Waals surface area contributed by atoms with Crippen LogP contribution in [-0.2, 0) is 11.3 Å². The van der Waals surface area contributed by atoms with Gasteiger partial charge in [-0.25, -0.2) is 9.67 Å². The first kappa shape index (κ1) is 22.5. The maximum atomic E-state index is 15.2. The second-order valence-electron chi connectivity index (χ2n) is 8.45. The van der Waals surface area contributed by atoms with Crippen molar-refractivity contribution in [1.82, 2.24) is 14.8 Å². The van der Waals surface area contributed by atoms with Gasteiger partial charge in [0.05, 0.1) is 17.5 Å². The molecule has 2 aromatic heterocycles. The van der Waals surface area contributed by atoms with E-state index in [1.54, 1.807) is 42.5 Å². The molecule has 1 fully saturated rings. The number of pyridine rings is 1. The van der Waals surface area contributed by atoms with E-state index in [1.165, 1.54) is 4.68 Å². The second kappa shape index (κ2) is 9.91. The van der Waals surface area contributed by atoms with Crippen LogP contribution >= 0.6 is 11.6 Å². The molecule has 8 heteroatoms. The topological polar surface area (TPSA) is 69.0 Å². The average molecular weight is 479 g/mol. The van der Waals surface area contributed by atoms with Crippen molar-refractivity contribution in [2.24, 2.45) is 5.92 Å². The molecule has 5 rings (SSSR count). The molecule has 174 valence electrons. The molecule has 0 saturated carbocycles. The number of hydrogen-bond acceptors (Lipinski definition) is 5. The molecular formula is C26H24ClFN4O2. The fourth-order valence-electron chi connectivity index (χ4n) is 4.21. The summed E-state index contributed by atoms with van der Waals surface area (Å²) < 4.78 is 22.0. The molecule has 0 aliphatic carbocycles. The predicted molar refractivity (Wildman–Crippen MR) is 132 cm³/mol. The molecule has 1 saturated heterocycles. The van der Waals surface area contributed by atoms with Gasteiger partial charge in [-0.05, 0) is 54.7 Å². The minimum absolute atomic E-state index is 0.239. The maximum Gasteiger partial charge on any atom is 0.274 e. The fraction of sp³-hybridized carbons (Fsp3) is 0.269. The molecule has 0 radical (unpaired) electrons. The van der Waals surface area contributed by atoms with Crippen LogP contribution in [0.5, 0.6) is 0 Å². The molecule has 0 spiro atoms. The first-order valence-corrected chi connectivity index (χ1v) is 11.7. The zero-order chi connectivity index (χ0) is 23.5. The van der Waals surface area contributed by atoms with Crippen molar-refractivity contribution in [2.75, 3.05) is 25.1 Å². The largest absolute Gasteiger partial charge is 0.381 e. The van der Waals surface area contributed by atoms with Gasteiger partial charge in [0.15, 0.2) is 0 Å². The van der Waals surface area contributed by atoms with E-state index in [-0.39, 0.29) is 17.7 Å². The highest BCUT2D eigenvalue weighted by Gasteiger charge is 2.18. The second-order valence-corrected chi connectivity index (χ2v) is 8.89. The molecule has 0 unspecified atom stereocenters. The lowest BCUT2D eigenvalue weighted by Gasteiger charge is -2.22. The highest BCUT2D eigenvalue weighted by atomic mass is 35.5. The third-order valence-corrected chi connectivity index (χ3v) is 6.38. The lowest BCUT2D eigenvalue weighted by Crippen LogP contribution is -2.24. The number of rotatable bonds is 6. The van der Waals surface area contributed by atoms with Crippen LogP contribution in [0.25, 0.3) is 22.0 Å². The summed E-state index contributed by atoms with van der Waals surface area (Å²) in [6.07, 6.45) is 1.97. The van der Waals surface area contributed by atoms with Crippen LogP contribution in [0.2, 0.25) is 5.02 Å². The van der Waals surface area contributed by atoms with Gasteiger partial charge in [0.1, 0.15) is 11.5 Å². The average Bonchev–Trinajstić information content (AvgIpc) is 2.87. The number of anilines is 1. The highest BCUT2D eigenvalue weighted by Crippen LogP contribution is 2.28. The van der Waals surface area contributed by atoms with E-state index in [9.17, 15) is 4.79 Å². The summed E-state index contributed by atoms with van der Waals surface area (Å²) in [4.78, 5) is 17.2. The Morgan fingerprint density at radius 3 is 2.50 bits per heavy atom. The molecule has 0 amide bonds. The van der Waals surface area contributed by atoms with Gasteiger partial charge in [0, 0.05) is 30.2 Å². The number of aromatic nitrogens is 3. The van der Waals surface area contributed by atoms with Crippen molar-refractivity contribution in [2.45, 2.75) is 19.4 Å². The van der Waals surface area contributed by atoms with E-state index in [1.807, 2.05) is 18.2 Å². The van der Waals surface area contributed by atoms with Gasteiger partial charge in [0.25, 0.3) is 5.56 Å². The van der Waals surface area contributed by atoms with Crippen molar-refractivity contribution in [3.63, 3.8) is 0 Å². The van der Waals surface area contributed by atoms with E-state index in [0.717, 1.165) is 38.2 Å². The molecule has 2 aromatic carbocycles. The Morgan fingerprint density at radius 2 is 1.76 bits per heavy atom. The van der Waals surface area contributed by atoms with Crippen molar-refractivity contribution in [3.8, 4) is 11.3 Å². The summed E-state index contributed by atoms with van der Waals surface area (Å²) in [5.41, 5.74) is 1.26. The Hall–Kier alpha value is -3.29. The molecular weight excluding hydrogens is 455 g/mol. The molecule has 1 aliphatic rings. The predicted octanol–water partition coefficient (Wildman–Crippen LogP) is 5.14. The Bertz CT molecular complexity index is 1370. The first-order valence-electron chi connectivity index (χ1n) is 11.3. The number of nitrogens with zero attached hydrogens (tertiary/aromatic N) is 3. The van der Waals surface area contributed by atoms with Gasteiger partial charge >= 0.3 is 0 Å². The minimum atomic E-state index is -0.633. The SMILES string of the molecule is O=c1c2ccccc2c(-c2ccc(NCC3CCOCC3)nc2F)nn1Cc1ccc(Cl)cc1. The van der Waals surface area contributed by atoms with Crippen molar-refractivity contribution < 1.29 is 9.13 Å². The Morgan fingerprint density at radius 1 is 1.03 bits per heavy atom. The molecule has 0 bridgehead atoms. The van der Waals surface area contributed by atoms with Crippen LogP contribution in [0, 0.1) is 11.9 Å². The lowest BCUT2D eigenvalue weighted by atomic mass is 10.0. The highest BCUT2D eigenvalue weighted by molar-refractivity contribution is 6.30. The Balaban J connectivity index is 1.49. The summed E-state index contributed by atoms with van der Waals surface area (Å²) in [5, 5.41) is 9.46. The van der Waals surface area contributed by atoms with Gasteiger partial charge < -0.3 is 10.1 Å². The minimum Gasteiger partial charge on any atom is -0.381 e. The van der Waals surface area contributed by atoms with Gasteiger partial charge in [-0.1, -0.05) is 41.9 Å². The first-order chi connectivity index (χ1) is 16.6. The van der Waals surface area contributed by atoms with Gasteiger partial charge in [-0.15, -0.1) is 0 Å². The monoisotopic (exact) mass is 478 g/mol. The van der Waals surface area contributed by atoms with Crippen LogP contribution in [-0.4, -0.2) is 34.5 Å². The molecule has 4 aromatic rings. The molecule has 6 nitrogen and oxygen atoms in total. The molecule has 1 aliphatic heterocycles. The van der Waals surface area contributed by atoms with Crippen molar-refractivity contribution >= 4 is 28.2 Å². The van der Waals surface area contributed by atoms with Crippen LogP contribution in [0.4, 0.5) is 10.2 Å². The van der Waals surface area contributed by atoms with E-state index in [2.05, 4.69) is 15.4 Å². The van der Waals surface area contributed by atoms with E-state index in [4.69, 9.17) is 16.3 Å². The number of nitrogens with one attached hydrogen (secondary N) is 1. The Labute approximate surface area is 201 Å². The lowest BCUT2D eigenvalue weighted by molar-refractivity contribution is 0.0699. The number of fused-ring (bicyclic) bond motifs is 1. The summed E-state index contributed by atoms with van der Waals surface area (Å²) >= 11 is 5.98.